The molecule has 0 spiro atoms. The number of unbranched alkanes of at least 4 members (excludes halogenated alkanes) is 3. The van der Waals surface area contributed by atoms with Gasteiger partial charge in [0.05, 0.1) is 0 Å². The van der Waals surface area contributed by atoms with Crippen LogP contribution >= 0.6 is 0 Å². The van der Waals surface area contributed by atoms with Gasteiger partial charge in [0.1, 0.15) is 11.5 Å². The number of ether oxygens (including phenoxy) is 1. The van der Waals surface area contributed by atoms with Crippen molar-refractivity contribution in [3.05, 3.63) is 60.2 Å². The maximum atomic E-state index is 5.91. The number of para-hydroxylation sites is 2. The molecular formula is C18H21O. The van der Waals surface area contributed by atoms with Gasteiger partial charge in [-0.25, -0.2) is 0 Å². The maximum absolute atomic E-state index is 5.91. The summed E-state index contributed by atoms with van der Waals surface area (Å²) in [4.78, 5) is 0. The zero-order valence-electron chi connectivity index (χ0n) is 11.6. The normalized spacial score (nSPS) is 10.4. The summed E-state index contributed by atoms with van der Waals surface area (Å²) in [7, 11) is 0. The number of benzene rings is 2. The monoisotopic (exact) mass is 253 g/mol. The molecule has 0 aliphatic heterocycles. The molecule has 19 heavy (non-hydrogen) atoms. The van der Waals surface area contributed by atoms with Gasteiger partial charge >= 0.3 is 0 Å². The molecule has 99 valence electrons. The van der Waals surface area contributed by atoms with Crippen LogP contribution in [0, 0.1) is 6.07 Å². The smallest absolute Gasteiger partial charge is 0.135 e. The fourth-order valence-electron chi connectivity index (χ4n) is 2.11. The van der Waals surface area contributed by atoms with Crippen molar-refractivity contribution in [2.75, 3.05) is 0 Å². The average molecular weight is 253 g/mol. The Morgan fingerprint density at radius 3 is 2.58 bits per heavy atom. The van der Waals surface area contributed by atoms with Crippen LogP contribution < -0.4 is 4.74 Å². The highest BCUT2D eigenvalue weighted by atomic mass is 16.5. The molecule has 0 unspecified atom stereocenters. The van der Waals surface area contributed by atoms with E-state index in [-0.39, 0.29) is 0 Å². The molecule has 0 saturated heterocycles. The molecule has 0 aromatic heterocycles. The zero-order chi connectivity index (χ0) is 13.3. The lowest BCUT2D eigenvalue weighted by atomic mass is 10.1. The highest BCUT2D eigenvalue weighted by Gasteiger charge is 2.04. The number of rotatable bonds is 7. The molecule has 2 aromatic rings. The predicted molar refractivity (Wildman–Crippen MR) is 79.6 cm³/mol. The van der Waals surface area contributed by atoms with Crippen LogP contribution in [0.5, 0.6) is 11.5 Å². The summed E-state index contributed by atoms with van der Waals surface area (Å²) in [5.41, 5.74) is 1.29. The highest BCUT2D eigenvalue weighted by molar-refractivity contribution is 5.37. The van der Waals surface area contributed by atoms with Crippen LogP contribution in [0.1, 0.15) is 38.2 Å². The van der Waals surface area contributed by atoms with Crippen molar-refractivity contribution in [1.82, 2.24) is 0 Å². The third-order valence-corrected chi connectivity index (χ3v) is 3.17. The molecule has 1 heteroatoms. The van der Waals surface area contributed by atoms with Gasteiger partial charge in [-0.3, -0.25) is 0 Å². The Kier molecular flexibility index (Phi) is 5.49. The van der Waals surface area contributed by atoms with Crippen molar-refractivity contribution in [2.45, 2.75) is 39.0 Å². The lowest BCUT2D eigenvalue weighted by Crippen LogP contribution is -1.92. The van der Waals surface area contributed by atoms with E-state index in [2.05, 4.69) is 25.1 Å². The maximum Gasteiger partial charge on any atom is 0.135 e. The molecule has 0 amide bonds. The molecule has 2 aromatic carbocycles. The largest absolute Gasteiger partial charge is 0.456 e. The van der Waals surface area contributed by atoms with Crippen LogP contribution in [0.15, 0.2) is 48.5 Å². The minimum atomic E-state index is 0.781. The Morgan fingerprint density at radius 1 is 0.947 bits per heavy atom. The predicted octanol–water partition coefficient (Wildman–Crippen LogP) is 5.40. The Morgan fingerprint density at radius 2 is 1.79 bits per heavy atom. The second-order valence-electron chi connectivity index (χ2n) is 4.75. The summed E-state index contributed by atoms with van der Waals surface area (Å²) in [6.45, 7) is 2.24. The first kappa shape index (κ1) is 13.7. The van der Waals surface area contributed by atoms with Gasteiger partial charge in [-0.15, -0.1) is 0 Å². The number of hydrogen-bond acceptors (Lipinski definition) is 1. The first-order valence-electron chi connectivity index (χ1n) is 7.12. The molecule has 0 saturated carbocycles. The van der Waals surface area contributed by atoms with Gasteiger partial charge < -0.3 is 4.74 Å². The summed E-state index contributed by atoms with van der Waals surface area (Å²) >= 11 is 0. The summed E-state index contributed by atoms with van der Waals surface area (Å²) in [6, 6.07) is 19.1. The first-order chi connectivity index (χ1) is 9.40. The van der Waals surface area contributed by atoms with Crippen molar-refractivity contribution in [3.8, 4) is 11.5 Å². The van der Waals surface area contributed by atoms with Gasteiger partial charge in [-0.05, 0) is 30.5 Å². The molecule has 1 radical (unpaired) electrons. The third kappa shape index (κ3) is 4.44. The van der Waals surface area contributed by atoms with Crippen LogP contribution in [0.4, 0.5) is 0 Å². The van der Waals surface area contributed by atoms with Crippen LogP contribution in [-0.4, -0.2) is 0 Å². The van der Waals surface area contributed by atoms with E-state index in [1.54, 1.807) is 0 Å². The van der Waals surface area contributed by atoms with Crippen LogP contribution in [0.3, 0.4) is 0 Å². The minimum absolute atomic E-state index is 0.781. The average Bonchev–Trinajstić information content (AvgIpc) is 2.46. The van der Waals surface area contributed by atoms with Crippen molar-refractivity contribution in [2.24, 2.45) is 0 Å². The van der Waals surface area contributed by atoms with Crippen LogP contribution in [0.2, 0.25) is 0 Å². The number of aryl methyl sites for hydroxylation is 1. The van der Waals surface area contributed by atoms with Crippen molar-refractivity contribution in [3.63, 3.8) is 0 Å². The van der Waals surface area contributed by atoms with Gasteiger partial charge in [0, 0.05) is 6.07 Å². The lowest BCUT2D eigenvalue weighted by Gasteiger charge is -2.10. The van der Waals surface area contributed by atoms with Crippen molar-refractivity contribution in [1.29, 1.82) is 0 Å². The second kappa shape index (κ2) is 7.63. The van der Waals surface area contributed by atoms with Crippen molar-refractivity contribution >= 4 is 0 Å². The summed E-state index contributed by atoms with van der Waals surface area (Å²) in [5, 5.41) is 0. The zero-order valence-corrected chi connectivity index (χ0v) is 11.6. The Labute approximate surface area is 116 Å². The number of hydrogen-bond donors (Lipinski definition) is 0. The molecule has 0 N–H and O–H groups in total. The Balaban J connectivity index is 2.00. The third-order valence-electron chi connectivity index (χ3n) is 3.17. The van der Waals surface area contributed by atoms with Crippen LogP contribution in [-0.2, 0) is 6.42 Å². The first-order valence-corrected chi connectivity index (χ1v) is 7.12. The van der Waals surface area contributed by atoms with Gasteiger partial charge in [0.25, 0.3) is 0 Å². The molecular weight excluding hydrogens is 232 g/mol. The summed E-state index contributed by atoms with van der Waals surface area (Å²) in [5.74, 6) is 1.74. The van der Waals surface area contributed by atoms with E-state index < -0.39 is 0 Å². The summed E-state index contributed by atoms with van der Waals surface area (Å²) < 4.78 is 5.91. The molecule has 2 rings (SSSR count). The van der Waals surface area contributed by atoms with E-state index in [0.717, 1.165) is 17.9 Å². The highest BCUT2D eigenvalue weighted by Crippen LogP contribution is 2.26. The van der Waals surface area contributed by atoms with Gasteiger partial charge in [-0.2, -0.15) is 0 Å². The molecule has 1 nitrogen and oxygen atoms in total. The second-order valence-corrected chi connectivity index (χ2v) is 4.75. The molecule has 0 aliphatic carbocycles. The fourth-order valence-corrected chi connectivity index (χ4v) is 2.11. The van der Waals surface area contributed by atoms with Crippen molar-refractivity contribution < 1.29 is 4.74 Å². The van der Waals surface area contributed by atoms with E-state index in [4.69, 9.17) is 4.74 Å². The molecule has 0 atom stereocenters. The van der Waals surface area contributed by atoms with Gasteiger partial charge in [0.15, 0.2) is 0 Å². The van der Waals surface area contributed by atoms with Gasteiger partial charge in [-0.1, -0.05) is 62.6 Å². The SMILES string of the molecule is CCCCCCc1ccccc1Oc1[c]cccc1. The van der Waals surface area contributed by atoms with E-state index in [1.165, 1.54) is 31.2 Å². The van der Waals surface area contributed by atoms with Gasteiger partial charge in [0.2, 0.25) is 0 Å². The molecule has 0 fully saturated rings. The molecule has 0 bridgehead atoms. The fraction of sp³-hybridized carbons (Fsp3) is 0.333. The van der Waals surface area contributed by atoms with E-state index in [9.17, 15) is 0 Å². The van der Waals surface area contributed by atoms with Crippen LogP contribution in [0.25, 0.3) is 0 Å². The summed E-state index contributed by atoms with van der Waals surface area (Å²) in [6.07, 6.45) is 6.20. The lowest BCUT2D eigenvalue weighted by molar-refractivity contribution is 0.473. The van der Waals surface area contributed by atoms with E-state index in [1.807, 2.05) is 36.4 Å². The Hall–Kier alpha value is -1.76. The molecule has 0 aliphatic rings. The van der Waals surface area contributed by atoms with E-state index >= 15 is 0 Å². The van der Waals surface area contributed by atoms with E-state index in [0.29, 0.717) is 0 Å². The topological polar surface area (TPSA) is 9.23 Å². The minimum Gasteiger partial charge on any atom is -0.456 e. The Bertz CT molecular complexity index is 476. The quantitative estimate of drug-likeness (QED) is 0.600. The standard InChI is InChI=1S/C18H21O/c1-2-3-4-6-11-16-12-9-10-15-18(16)19-17-13-7-5-8-14-17/h5,7-10,12-13,15H,2-4,6,11H2,1H3. The molecule has 0 heterocycles.